The van der Waals surface area contributed by atoms with E-state index in [1.807, 2.05) is 20.8 Å². The highest BCUT2D eigenvalue weighted by Crippen LogP contribution is 1.96. The van der Waals surface area contributed by atoms with E-state index in [9.17, 15) is 0 Å². The van der Waals surface area contributed by atoms with Crippen molar-refractivity contribution >= 4 is 0 Å². The molecular formula is C10H22O4. The molecule has 1 atom stereocenters. The van der Waals surface area contributed by atoms with Crippen LogP contribution in [0.5, 0.6) is 0 Å². The predicted molar refractivity (Wildman–Crippen MR) is 54.4 cm³/mol. The summed E-state index contributed by atoms with van der Waals surface area (Å²) in [5, 5.41) is 0. The third-order valence-corrected chi connectivity index (χ3v) is 1.55. The third-order valence-electron chi connectivity index (χ3n) is 1.55. The Labute approximate surface area is 86.5 Å². The second-order valence-electron chi connectivity index (χ2n) is 2.61. The molecule has 14 heavy (non-hydrogen) atoms. The molecule has 0 aliphatic rings. The van der Waals surface area contributed by atoms with E-state index in [0.717, 1.165) is 0 Å². The summed E-state index contributed by atoms with van der Waals surface area (Å²) in [6.07, 6.45) is -0.264. The Balaban J connectivity index is 3.40. The highest BCUT2D eigenvalue weighted by Gasteiger charge is 2.07. The van der Waals surface area contributed by atoms with Gasteiger partial charge in [0.1, 0.15) is 0 Å². The molecule has 4 nitrogen and oxygen atoms in total. The lowest BCUT2D eigenvalue weighted by Crippen LogP contribution is -2.25. The van der Waals surface area contributed by atoms with Gasteiger partial charge in [-0.3, -0.25) is 0 Å². The molecule has 1 unspecified atom stereocenters. The van der Waals surface area contributed by atoms with E-state index in [0.29, 0.717) is 39.6 Å². The average Bonchev–Trinajstić information content (AvgIpc) is 2.20. The maximum absolute atomic E-state index is 5.41. The zero-order valence-corrected chi connectivity index (χ0v) is 9.45. The molecule has 0 bridgehead atoms. The van der Waals surface area contributed by atoms with Gasteiger partial charge in [-0.05, 0) is 20.8 Å². The Morgan fingerprint density at radius 2 is 1.50 bits per heavy atom. The van der Waals surface area contributed by atoms with Crippen LogP contribution in [0.4, 0.5) is 0 Å². The quantitative estimate of drug-likeness (QED) is 0.400. The van der Waals surface area contributed by atoms with Crippen LogP contribution in [0.1, 0.15) is 20.8 Å². The van der Waals surface area contributed by atoms with Crippen LogP contribution >= 0.6 is 0 Å². The molecule has 0 radical (unpaired) electrons. The molecule has 0 aromatic rings. The van der Waals surface area contributed by atoms with Crippen molar-refractivity contribution in [3.63, 3.8) is 0 Å². The lowest BCUT2D eigenvalue weighted by atomic mass is 10.6. The van der Waals surface area contributed by atoms with Crippen molar-refractivity contribution in [2.24, 2.45) is 0 Å². The molecule has 86 valence electrons. The fraction of sp³-hybridized carbons (Fsp3) is 1.00. The van der Waals surface area contributed by atoms with Gasteiger partial charge >= 0.3 is 0 Å². The van der Waals surface area contributed by atoms with Crippen LogP contribution in [0.15, 0.2) is 0 Å². The summed E-state index contributed by atoms with van der Waals surface area (Å²) in [6.45, 7) is 9.50. The summed E-state index contributed by atoms with van der Waals surface area (Å²) in [7, 11) is 0. The monoisotopic (exact) mass is 206 g/mol. The summed E-state index contributed by atoms with van der Waals surface area (Å²) < 4.78 is 21.1. The van der Waals surface area contributed by atoms with E-state index in [-0.39, 0.29) is 6.29 Å². The molecule has 0 aliphatic carbocycles. The number of rotatable bonds is 10. The average molecular weight is 206 g/mol. The highest BCUT2D eigenvalue weighted by atomic mass is 16.7. The van der Waals surface area contributed by atoms with Crippen LogP contribution < -0.4 is 0 Å². The summed E-state index contributed by atoms with van der Waals surface area (Å²) in [5.41, 5.74) is 0. The Morgan fingerprint density at radius 3 is 2.07 bits per heavy atom. The van der Waals surface area contributed by atoms with Gasteiger partial charge in [-0.2, -0.15) is 0 Å². The van der Waals surface area contributed by atoms with Gasteiger partial charge in [0.2, 0.25) is 0 Å². The van der Waals surface area contributed by atoms with E-state index >= 15 is 0 Å². The zero-order chi connectivity index (χ0) is 10.6. The SMILES string of the molecule is CCOCCOC(COCC)OCC. The minimum absolute atomic E-state index is 0.264. The van der Waals surface area contributed by atoms with Crippen molar-refractivity contribution in [1.29, 1.82) is 0 Å². The first-order chi connectivity index (χ1) is 6.85. The van der Waals surface area contributed by atoms with Gasteiger partial charge in [-0.15, -0.1) is 0 Å². The molecule has 0 aromatic carbocycles. The van der Waals surface area contributed by atoms with Gasteiger partial charge in [0.05, 0.1) is 19.8 Å². The first-order valence-electron chi connectivity index (χ1n) is 5.23. The largest absolute Gasteiger partial charge is 0.379 e. The van der Waals surface area contributed by atoms with Crippen LogP contribution in [0, 0.1) is 0 Å². The van der Waals surface area contributed by atoms with Crippen molar-refractivity contribution in [2.75, 3.05) is 39.6 Å². The Bertz CT molecular complexity index is 108. The summed E-state index contributed by atoms with van der Waals surface area (Å²) in [5.74, 6) is 0. The van der Waals surface area contributed by atoms with E-state index in [4.69, 9.17) is 18.9 Å². The van der Waals surface area contributed by atoms with Crippen molar-refractivity contribution in [1.82, 2.24) is 0 Å². The van der Waals surface area contributed by atoms with Gasteiger partial charge in [-0.1, -0.05) is 0 Å². The molecule has 0 N–H and O–H groups in total. The van der Waals surface area contributed by atoms with Crippen LogP contribution in [-0.2, 0) is 18.9 Å². The maximum Gasteiger partial charge on any atom is 0.180 e. The second kappa shape index (κ2) is 10.9. The second-order valence-corrected chi connectivity index (χ2v) is 2.61. The number of hydrogen-bond acceptors (Lipinski definition) is 4. The summed E-state index contributed by atoms with van der Waals surface area (Å²) in [4.78, 5) is 0. The molecule has 0 amide bonds. The molecule has 0 aromatic heterocycles. The van der Waals surface area contributed by atoms with Crippen molar-refractivity contribution in [2.45, 2.75) is 27.1 Å². The summed E-state index contributed by atoms with van der Waals surface area (Å²) >= 11 is 0. The smallest absolute Gasteiger partial charge is 0.180 e. The first kappa shape index (κ1) is 13.8. The topological polar surface area (TPSA) is 36.9 Å². The zero-order valence-electron chi connectivity index (χ0n) is 9.45. The molecule has 0 aliphatic heterocycles. The van der Waals surface area contributed by atoms with Gasteiger partial charge in [0, 0.05) is 19.8 Å². The lowest BCUT2D eigenvalue weighted by molar-refractivity contribution is -0.175. The minimum atomic E-state index is -0.264. The molecule has 0 heterocycles. The van der Waals surface area contributed by atoms with Gasteiger partial charge in [-0.25, -0.2) is 0 Å². The molecule has 0 fully saturated rings. The molecular weight excluding hydrogens is 184 g/mol. The van der Waals surface area contributed by atoms with Crippen LogP contribution in [0.3, 0.4) is 0 Å². The number of ether oxygens (including phenoxy) is 4. The fourth-order valence-electron chi connectivity index (χ4n) is 0.927. The van der Waals surface area contributed by atoms with Crippen LogP contribution in [0.2, 0.25) is 0 Å². The van der Waals surface area contributed by atoms with Crippen molar-refractivity contribution < 1.29 is 18.9 Å². The highest BCUT2D eigenvalue weighted by molar-refractivity contribution is 4.42. The van der Waals surface area contributed by atoms with Gasteiger partial charge in [0.25, 0.3) is 0 Å². The Hall–Kier alpha value is -0.160. The molecule has 4 heteroatoms. The van der Waals surface area contributed by atoms with Crippen molar-refractivity contribution in [3.8, 4) is 0 Å². The molecule has 0 saturated heterocycles. The van der Waals surface area contributed by atoms with E-state index in [1.165, 1.54) is 0 Å². The Morgan fingerprint density at radius 1 is 0.786 bits per heavy atom. The molecule has 0 rings (SSSR count). The van der Waals surface area contributed by atoms with E-state index < -0.39 is 0 Å². The van der Waals surface area contributed by atoms with Crippen molar-refractivity contribution in [3.05, 3.63) is 0 Å². The van der Waals surface area contributed by atoms with Crippen LogP contribution in [-0.4, -0.2) is 45.9 Å². The standard InChI is InChI=1S/C10H22O4/c1-4-11-7-8-14-10(13-6-3)9-12-5-2/h10H,4-9H2,1-3H3. The first-order valence-corrected chi connectivity index (χ1v) is 5.23. The van der Waals surface area contributed by atoms with E-state index in [2.05, 4.69) is 0 Å². The number of hydrogen-bond donors (Lipinski definition) is 0. The maximum atomic E-state index is 5.41. The predicted octanol–water partition coefficient (Wildman–Crippen LogP) is 1.44. The summed E-state index contributed by atoms with van der Waals surface area (Å²) in [6, 6.07) is 0. The van der Waals surface area contributed by atoms with Gasteiger partial charge < -0.3 is 18.9 Å². The Kier molecular flexibility index (Phi) is 10.8. The molecule has 0 saturated carbocycles. The van der Waals surface area contributed by atoms with E-state index in [1.54, 1.807) is 0 Å². The normalized spacial score (nSPS) is 13.1. The van der Waals surface area contributed by atoms with Crippen LogP contribution in [0.25, 0.3) is 0 Å². The van der Waals surface area contributed by atoms with Gasteiger partial charge in [0.15, 0.2) is 6.29 Å². The third kappa shape index (κ3) is 8.44. The minimum Gasteiger partial charge on any atom is -0.379 e. The lowest BCUT2D eigenvalue weighted by Gasteiger charge is -2.17. The fourth-order valence-corrected chi connectivity index (χ4v) is 0.927. The molecule has 0 spiro atoms.